The molecule has 0 fully saturated rings. The Kier molecular flexibility index (Phi) is 12.3. The maximum atomic E-state index is 10.3. The van der Waals surface area contributed by atoms with Gasteiger partial charge in [0.05, 0.1) is 12.8 Å². The van der Waals surface area contributed by atoms with Crippen LogP contribution in [0.2, 0.25) is 0 Å². The van der Waals surface area contributed by atoms with Crippen molar-refractivity contribution in [2.24, 2.45) is 0 Å². The average molecular weight is 379 g/mol. The molecule has 0 aliphatic heterocycles. The Labute approximate surface area is 143 Å². The second-order valence-electron chi connectivity index (χ2n) is 2.48. The van der Waals surface area contributed by atoms with Crippen molar-refractivity contribution in [3.05, 3.63) is 0 Å². The Morgan fingerprint density at radius 2 is 1.27 bits per heavy atom. The van der Waals surface area contributed by atoms with Crippen molar-refractivity contribution in [3.8, 4) is 0 Å². The SMILES string of the molecule is O=C(O)CC(O)(CC(=O)O)C(=O)O.[Ba+2].[H-].[H-].[Ti]. The van der Waals surface area contributed by atoms with Gasteiger partial charge in [0.15, 0.2) is 5.60 Å². The van der Waals surface area contributed by atoms with Gasteiger partial charge >= 0.3 is 66.8 Å². The van der Waals surface area contributed by atoms with Crippen molar-refractivity contribution < 1.29 is 59.4 Å². The summed E-state index contributed by atoms with van der Waals surface area (Å²) in [6.07, 6.45) is -2.29. The first-order chi connectivity index (χ1) is 5.78. The van der Waals surface area contributed by atoms with E-state index in [4.69, 9.17) is 20.4 Å². The van der Waals surface area contributed by atoms with Crippen LogP contribution < -0.4 is 0 Å². The van der Waals surface area contributed by atoms with E-state index in [0.29, 0.717) is 0 Å². The van der Waals surface area contributed by atoms with Crippen LogP contribution in [0.15, 0.2) is 0 Å². The second kappa shape index (κ2) is 8.77. The number of hydrogen-bond donors (Lipinski definition) is 4. The Morgan fingerprint density at radius 3 is 1.40 bits per heavy atom. The smallest absolute Gasteiger partial charge is 1.00 e. The van der Waals surface area contributed by atoms with Gasteiger partial charge < -0.3 is 23.3 Å². The number of aliphatic carboxylic acids is 3. The summed E-state index contributed by atoms with van der Waals surface area (Å²) in [5, 5.41) is 33.8. The van der Waals surface area contributed by atoms with Crippen molar-refractivity contribution in [1.82, 2.24) is 0 Å². The van der Waals surface area contributed by atoms with E-state index in [1.807, 2.05) is 0 Å². The van der Waals surface area contributed by atoms with E-state index >= 15 is 0 Å². The summed E-state index contributed by atoms with van der Waals surface area (Å²) in [6, 6.07) is 0. The third-order valence-corrected chi connectivity index (χ3v) is 1.29. The molecule has 0 saturated heterocycles. The first-order valence-corrected chi connectivity index (χ1v) is 3.17. The fourth-order valence-corrected chi connectivity index (χ4v) is 0.714. The van der Waals surface area contributed by atoms with E-state index in [1.165, 1.54) is 0 Å². The molecule has 82 valence electrons. The molecule has 0 amide bonds. The molecular weight excluding hydrogens is 369 g/mol. The summed E-state index contributed by atoms with van der Waals surface area (Å²) in [7, 11) is 0. The molecule has 0 aliphatic carbocycles. The van der Waals surface area contributed by atoms with Gasteiger partial charge in [-0.3, -0.25) is 9.59 Å². The molecule has 0 radical (unpaired) electrons. The molecule has 0 unspecified atom stereocenters. The fraction of sp³-hybridized carbons (Fsp3) is 0.500. The predicted octanol–water partition coefficient (Wildman–Crippen LogP) is -1.41. The quantitative estimate of drug-likeness (QED) is 0.432. The van der Waals surface area contributed by atoms with Crippen LogP contribution in [0.1, 0.15) is 15.7 Å². The van der Waals surface area contributed by atoms with Gasteiger partial charge in [0, 0.05) is 21.7 Å². The molecule has 0 spiro atoms. The standard InChI is InChI=1S/C6H8O7.Ba.Ti.2H/c7-3(8)1-6(13,5(11)12)2-4(9)10;;;;/h13H,1-2H2,(H,7,8)(H,9,10)(H,11,12);;;;/q;+2;;2*-1. The van der Waals surface area contributed by atoms with Gasteiger partial charge in [0.25, 0.3) is 0 Å². The van der Waals surface area contributed by atoms with Crippen LogP contribution in [-0.4, -0.2) is 92.8 Å². The zero-order valence-electron chi connectivity index (χ0n) is 9.63. The molecule has 0 heterocycles. The van der Waals surface area contributed by atoms with E-state index in [2.05, 4.69) is 0 Å². The van der Waals surface area contributed by atoms with Gasteiger partial charge in [-0.05, 0) is 0 Å². The average Bonchev–Trinajstić information content (AvgIpc) is 1.82. The minimum Gasteiger partial charge on any atom is -1.00 e. The summed E-state index contributed by atoms with van der Waals surface area (Å²) in [6.45, 7) is 0. The number of carboxylic acids is 3. The molecule has 0 bridgehead atoms. The van der Waals surface area contributed by atoms with Crippen LogP contribution in [0.25, 0.3) is 0 Å². The summed E-state index contributed by atoms with van der Waals surface area (Å²) < 4.78 is 0. The molecule has 7 nitrogen and oxygen atoms in total. The first kappa shape index (κ1) is 21.0. The van der Waals surface area contributed by atoms with E-state index in [0.717, 1.165) is 0 Å². The molecule has 0 saturated carbocycles. The molecule has 0 aromatic heterocycles. The summed E-state index contributed by atoms with van der Waals surface area (Å²) >= 11 is 0. The predicted molar refractivity (Wildman–Crippen MR) is 45.1 cm³/mol. The second-order valence-corrected chi connectivity index (χ2v) is 2.48. The van der Waals surface area contributed by atoms with Crippen LogP contribution in [0, 0.1) is 0 Å². The maximum absolute atomic E-state index is 10.3. The van der Waals surface area contributed by atoms with Crippen molar-refractivity contribution >= 4 is 66.8 Å². The van der Waals surface area contributed by atoms with Crippen LogP contribution >= 0.6 is 0 Å². The third kappa shape index (κ3) is 8.46. The Balaban J connectivity index is -0.000000120. The van der Waals surface area contributed by atoms with Gasteiger partial charge in [-0.15, -0.1) is 0 Å². The number of rotatable bonds is 5. The fourth-order valence-electron chi connectivity index (χ4n) is 0.714. The Morgan fingerprint density at radius 1 is 1.00 bits per heavy atom. The van der Waals surface area contributed by atoms with E-state index < -0.39 is 36.4 Å². The van der Waals surface area contributed by atoms with Crippen molar-refractivity contribution in [2.45, 2.75) is 18.4 Å². The minimum atomic E-state index is -2.74. The van der Waals surface area contributed by atoms with Crippen molar-refractivity contribution in [3.63, 3.8) is 0 Å². The normalized spacial score (nSPS) is 9.40. The van der Waals surface area contributed by atoms with E-state index in [1.54, 1.807) is 0 Å². The zero-order chi connectivity index (χ0) is 10.6. The number of hydrogen-bond acceptors (Lipinski definition) is 4. The molecule has 0 atom stereocenters. The summed E-state index contributed by atoms with van der Waals surface area (Å²) in [5.74, 6) is -5.02. The monoisotopic (exact) mass is 380 g/mol. The van der Waals surface area contributed by atoms with Crippen LogP contribution in [0.5, 0.6) is 0 Å². The summed E-state index contributed by atoms with van der Waals surface area (Å²) in [5.41, 5.74) is -2.74. The molecule has 0 rings (SSSR count). The third-order valence-electron chi connectivity index (χ3n) is 1.29. The molecule has 9 heteroatoms. The topological polar surface area (TPSA) is 132 Å². The Hall–Kier alpha value is 0.656. The molecule has 15 heavy (non-hydrogen) atoms. The minimum absolute atomic E-state index is 0. The number of aliphatic hydroxyl groups is 1. The molecule has 4 N–H and O–H groups in total. The summed E-state index contributed by atoms with van der Waals surface area (Å²) in [4.78, 5) is 30.5. The van der Waals surface area contributed by atoms with E-state index in [-0.39, 0.29) is 73.5 Å². The molecule has 0 aliphatic rings. The molecular formula is C6H10BaO7Ti. The van der Waals surface area contributed by atoms with E-state index in [9.17, 15) is 14.4 Å². The van der Waals surface area contributed by atoms with Crippen LogP contribution in [-0.2, 0) is 36.1 Å². The molecule has 0 aromatic rings. The first-order valence-electron chi connectivity index (χ1n) is 3.17. The number of carbonyl (C=O) groups is 3. The van der Waals surface area contributed by atoms with Crippen LogP contribution in [0.3, 0.4) is 0 Å². The van der Waals surface area contributed by atoms with Crippen molar-refractivity contribution in [2.75, 3.05) is 0 Å². The molecule has 0 aromatic carbocycles. The Bertz CT molecular complexity index is 247. The van der Waals surface area contributed by atoms with Gasteiger partial charge in [-0.25, -0.2) is 4.79 Å². The van der Waals surface area contributed by atoms with Crippen molar-refractivity contribution in [1.29, 1.82) is 0 Å². The van der Waals surface area contributed by atoms with Crippen LogP contribution in [0.4, 0.5) is 0 Å². The van der Waals surface area contributed by atoms with Gasteiger partial charge in [0.2, 0.25) is 0 Å². The number of carboxylic acid groups (broad SMARTS) is 3. The maximum Gasteiger partial charge on any atom is 2.00 e. The largest absolute Gasteiger partial charge is 2.00 e. The zero-order valence-corrected chi connectivity index (χ0v) is 13.6. The van der Waals surface area contributed by atoms with Gasteiger partial charge in [0.1, 0.15) is 0 Å². The van der Waals surface area contributed by atoms with Gasteiger partial charge in [-0.2, -0.15) is 0 Å². The van der Waals surface area contributed by atoms with Gasteiger partial charge in [-0.1, -0.05) is 0 Å².